The second-order valence-electron chi connectivity index (χ2n) is 4.08. The highest BCUT2D eigenvalue weighted by Gasteiger charge is 2.14. The Balaban J connectivity index is 2.45. The topological polar surface area (TPSA) is 91.2 Å². The molecule has 0 saturated carbocycles. The molecule has 0 fully saturated rings. The van der Waals surface area contributed by atoms with Gasteiger partial charge >= 0.3 is 6.09 Å². The van der Waals surface area contributed by atoms with E-state index in [-0.39, 0.29) is 25.5 Å². The van der Waals surface area contributed by atoms with E-state index in [1.54, 1.807) is 31.2 Å². The maximum Gasteiger partial charge on any atom is 0.407 e. The highest BCUT2D eigenvalue weighted by molar-refractivity contribution is 6.30. The zero-order valence-corrected chi connectivity index (χ0v) is 12.3. The Morgan fingerprint density at radius 3 is 2.86 bits per heavy atom. The third kappa shape index (κ3) is 6.15. The molecule has 1 aromatic rings. The van der Waals surface area contributed by atoms with E-state index in [4.69, 9.17) is 16.9 Å². The van der Waals surface area contributed by atoms with Gasteiger partial charge in [-0.3, -0.25) is 4.79 Å². The summed E-state index contributed by atoms with van der Waals surface area (Å²) < 4.78 is 4.66. The summed E-state index contributed by atoms with van der Waals surface area (Å²) in [5.41, 5.74) is 0.608. The average molecular weight is 310 g/mol. The normalized spacial score (nSPS) is 11.1. The van der Waals surface area contributed by atoms with Gasteiger partial charge in [-0.15, -0.1) is 0 Å². The van der Waals surface area contributed by atoms with E-state index < -0.39 is 12.1 Å². The summed E-state index contributed by atoms with van der Waals surface area (Å²) in [6, 6.07) is 7.93. The van der Waals surface area contributed by atoms with E-state index in [1.807, 2.05) is 6.07 Å². The second-order valence-corrected chi connectivity index (χ2v) is 4.52. The zero-order valence-electron chi connectivity index (χ0n) is 11.6. The number of hydrogen-bond donors (Lipinski definition) is 2. The van der Waals surface area contributed by atoms with Crippen molar-refractivity contribution in [3.8, 4) is 6.07 Å². The van der Waals surface area contributed by atoms with Crippen LogP contribution < -0.4 is 10.6 Å². The number of nitriles is 1. The molecule has 0 radical (unpaired) electrons. The zero-order chi connectivity index (χ0) is 15.7. The van der Waals surface area contributed by atoms with Crippen LogP contribution in [0.1, 0.15) is 24.9 Å². The van der Waals surface area contributed by atoms with E-state index in [9.17, 15) is 9.59 Å². The first-order valence-electron chi connectivity index (χ1n) is 6.42. The molecule has 1 aromatic carbocycles. The lowest BCUT2D eigenvalue weighted by atomic mass is 10.1. The molecule has 2 amide bonds. The van der Waals surface area contributed by atoms with Gasteiger partial charge < -0.3 is 15.4 Å². The van der Waals surface area contributed by atoms with Crippen LogP contribution in [0.25, 0.3) is 0 Å². The number of nitrogens with zero attached hydrogens (tertiary/aromatic N) is 1. The number of rotatable bonds is 6. The summed E-state index contributed by atoms with van der Waals surface area (Å²) in [6.07, 6.45) is -0.519. The van der Waals surface area contributed by atoms with Gasteiger partial charge in [0.15, 0.2) is 0 Å². The Labute approximate surface area is 128 Å². The molecule has 1 atom stereocenters. The van der Waals surface area contributed by atoms with Gasteiger partial charge in [0, 0.05) is 18.0 Å². The third-order valence-corrected chi connectivity index (χ3v) is 2.75. The first-order chi connectivity index (χ1) is 10.1. The van der Waals surface area contributed by atoms with Gasteiger partial charge in [-0.25, -0.2) is 4.79 Å². The molecule has 21 heavy (non-hydrogen) atoms. The molecular formula is C14H16ClN3O3. The predicted octanol–water partition coefficient (Wildman–Crippen LogP) is 2.16. The molecule has 6 nitrogen and oxygen atoms in total. The predicted molar refractivity (Wildman–Crippen MR) is 77.6 cm³/mol. The lowest BCUT2D eigenvalue weighted by molar-refractivity contribution is -0.121. The molecule has 0 aliphatic carbocycles. The summed E-state index contributed by atoms with van der Waals surface area (Å²) in [7, 11) is 0. The smallest absolute Gasteiger partial charge is 0.407 e. The summed E-state index contributed by atoms with van der Waals surface area (Å²) in [5, 5.41) is 14.6. The first kappa shape index (κ1) is 16.8. The first-order valence-corrected chi connectivity index (χ1v) is 6.79. The number of carbonyl (C=O) groups is 2. The number of nitrogens with one attached hydrogen (secondary N) is 2. The van der Waals surface area contributed by atoms with Gasteiger partial charge in [-0.05, 0) is 24.6 Å². The molecule has 112 valence electrons. The summed E-state index contributed by atoms with van der Waals surface area (Å²) >= 11 is 5.85. The number of halogens is 1. The van der Waals surface area contributed by atoms with Crippen LogP contribution in [-0.4, -0.2) is 25.2 Å². The molecule has 0 heterocycles. The molecule has 0 spiro atoms. The highest BCUT2D eigenvalue weighted by Crippen LogP contribution is 2.17. The van der Waals surface area contributed by atoms with Crippen molar-refractivity contribution in [2.24, 2.45) is 0 Å². The average Bonchev–Trinajstić information content (AvgIpc) is 2.45. The van der Waals surface area contributed by atoms with Crippen LogP contribution in [0, 0.1) is 11.3 Å². The van der Waals surface area contributed by atoms with Crippen LogP contribution in [0.4, 0.5) is 4.79 Å². The van der Waals surface area contributed by atoms with E-state index >= 15 is 0 Å². The Hall–Kier alpha value is -2.26. The van der Waals surface area contributed by atoms with Crippen LogP contribution in [0.15, 0.2) is 24.3 Å². The maximum absolute atomic E-state index is 11.7. The monoisotopic (exact) mass is 309 g/mol. The van der Waals surface area contributed by atoms with Gasteiger partial charge in [0.25, 0.3) is 0 Å². The van der Waals surface area contributed by atoms with Crippen molar-refractivity contribution >= 4 is 23.6 Å². The standard InChI is InChI=1S/C14H16ClN3O3/c1-2-21-14(20)17-7-6-13(19)18-12(9-16)10-4-3-5-11(15)8-10/h3-5,8,12H,2,6-7H2,1H3,(H,17,20)(H,18,19)/t12-/m0/s1. The van der Waals surface area contributed by atoms with E-state index in [0.29, 0.717) is 10.6 Å². The lowest BCUT2D eigenvalue weighted by Crippen LogP contribution is -2.32. The minimum absolute atomic E-state index is 0.0531. The number of hydrogen-bond acceptors (Lipinski definition) is 4. The minimum atomic E-state index is -0.779. The largest absolute Gasteiger partial charge is 0.450 e. The van der Waals surface area contributed by atoms with Crippen molar-refractivity contribution in [2.45, 2.75) is 19.4 Å². The second kappa shape index (κ2) is 8.82. The van der Waals surface area contributed by atoms with Crippen LogP contribution >= 0.6 is 11.6 Å². The van der Waals surface area contributed by atoms with Crippen molar-refractivity contribution in [3.05, 3.63) is 34.9 Å². The fourth-order valence-electron chi connectivity index (χ4n) is 1.57. The Kier molecular flexibility index (Phi) is 7.05. The quantitative estimate of drug-likeness (QED) is 0.842. The van der Waals surface area contributed by atoms with Crippen molar-refractivity contribution in [1.29, 1.82) is 5.26 Å². The highest BCUT2D eigenvalue weighted by atomic mass is 35.5. The minimum Gasteiger partial charge on any atom is -0.450 e. The Bertz CT molecular complexity index is 543. The number of carbonyl (C=O) groups excluding carboxylic acids is 2. The van der Waals surface area contributed by atoms with E-state index in [2.05, 4.69) is 15.4 Å². The molecular weight excluding hydrogens is 294 g/mol. The maximum atomic E-state index is 11.7. The van der Waals surface area contributed by atoms with Crippen molar-refractivity contribution in [3.63, 3.8) is 0 Å². The van der Waals surface area contributed by atoms with Crippen molar-refractivity contribution in [2.75, 3.05) is 13.2 Å². The number of alkyl carbamates (subject to hydrolysis) is 1. The molecule has 0 saturated heterocycles. The molecule has 0 aliphatic heterocycles. The molecule has 0 unspecified atom stereocenters. The molecule has 0 aliphatic rings. The lowest BCUT2D eigenvalue weighted by Gasteiger charge is -2.12. The number of ether oxygens (including phenoxy) is 1. The SMILES string of the molecule is CCOC(=O)NCCC(=O)N[C@@H](C#N)c1cccc(Cl)c1. The van der Waals surface area contributed by atoms with Gasteiger partial charge in [0.2, 0.25) is 5.91 Å². The molecule has 1 rings (SSSR count). The molecule has 0 aromatic heterocycles. The van der Waals surface area contributed by atoms with Gasteiger partial charge in [-0.2, -0.15) is 5.26 Å². The third-order valence-electron chi connectivity index (χ3n) is 2.51. The Morgan fingerprint density at radius 1 is 1.48 bits per heavy atom. The summed E-state index contributed by atoms with van der Waals surface area (Å²) in [6.45, 7) is 2.09. The Morgan fingerprint density at radius 2 is 2.24 bits per heavy atom. The molecule has 2 N–H and O–H groups in total. The van der Waals surface area contributed by atoms with Crippen LogP contribution in [0.3, 0.4) is 0 Å². The fourth-order valence-corrected chi connectivity index (χ4v) is 1.77. The number of benzene rings is 1. The van der Waals surface area contributed by atoms with Gasteiger partial charge in [0.1, 0.15) is 6.04 Å². The fraction of sp³-hybridized carbons (Fsp3) is 0.357. The van der Waals surface area contributed by atoms with Crippen LogP contribution in [0.2, 0.25) is 5.02 Å². The van der Waals surface area contributed by atoms with Gasteiger partial charge in [-0.1, -0.05) is 23.7 Å². The van der Waals surface area contributed by atoms with Crippen LogP contribution in [-0.2, 0) is 9.53 Å². The summed E-state index contributed by atoms with van der Waals surface area (Å²) in [4.78, 5) is 22.8. The van der Waals surface area contributed by atoms with E-state index in [1.165, 1.54) is 0 Å². The van der Waals surface area contributed by atoms with Gasteiger partial charge in [0.05, 0.1) is 12.7 Å². The van der Waals surface area contributed by atoms with Crippen LogP contribution in [0.5, 0.6) is 0 Å². The summed E-state index contributed by atoms with van der Waals surface area (Å²) in [5.74, 6) is -0.349. The van der Waals surface area contributed by atoms with Crippen molar-refractivity contribution < 1.29 is 14.3 Å². The molecule has 0 bridgehead atoms. The molecule has 7 heteroatoms. The van der Waals surface area contributed by atoms with Crippen molar-refractivity contribution in [1.82, 2.24) is 10.6 Å². The van der Waals surface area contributed by atoms with E-state index in [0.717, 1.165) is 0 Å². The number of amides is 2.